The van der Waals surface area contributed by atoms with Gasteiger partial charge in [-0.25, -0.2) is 0 Å². The van der Waals surface area contributed by atoms with Gasteiger partial charge in [-0.2, -0.15) is 0 Å². The van der Waals surface area contributed by atoms with Crippen LogP contribution >= 0.6 is 38.5 Å². The monoisotopic (exact) mass is 392 g/mol. The van der Waals surface area contributed by atoms with Crippen LogP contribution in [0.1, 0.15) is 0 Å². The Labute approximate surface area is 118 Å². The standard InChI is InChI=1S/C12H14BrIN2/c1-15(2)5-6-16-8-11(14)10-4-3-9(13)7-12(10)16/h3-4,7-8H,5-6H2,1-2H3. The minimum absolute atomic E-state index is 1.03. The molecule has 0 fully saturated rings. The first-order chi connectivity index (χ1) is 7.58. The molecular formula is C12H14BrIN2. The van der Waals surface area contributed by atoms with Gasteiger partial charge in [-0.1, -0.05) is 22.0 Å². The van der Waals surface area contributed by atoms with Gasteiger partial charge in [-0.3, -0.25) is 0 Å². The summed E-state index contributed by atoms with van der Waals surface area (Å²) in [6.07, 6.45) is 2.22. The first-order valence-electron chi connectivity index (χ1n) is 5.16. The zero-order valence-corrected chi connectivity index (χ0v) is 13.1. The molecule has 0 saturated carbocycles. The van der Waals surface area contributed by atoms with Crippen LogP contribution in [0.5, 0.6) is 0 Å². The zero-order chi connectivity index (χ0) is 11.7. The Hall–Kier alpha value is -0.0700. The number of halogens is 2. The van der Waals surface area contributed by atoms with Crippen molar-refractivity contribution in [2.45, 2.75) is 6.54 Å². The van der Waals surface area contributed by atoms with E-state index in [1.54, 1.807) is 0 Å². The number of rotatable bonds is 3. The summed E-state index contributed by atoms with van der Waals surface area (Å²) in [5, 5.41) is 1.34. The van der Waals surface area contributed by atoms with Crippen LogP contribution in [-0.4, -0.2) is 30.1 Å². The summed E-state index contributed by atoms with van der Waals surface area (Å²) < 4.78 is 4.78. The predicted octanol–water partition coefficient (Wildman–Crippen LogP) is 3.57. The van der Waals surface area contributed by atoms with Crippen LogP contribution in [0, 0.1) is 3.57 Å². The van der Waals surface area contributed by atoms with Crippen molar-refractivity contribution in [3.05, 3.63) is 32.4 Å². The largest absolute Gasteiger partial charge is 0.345 e. The number of fused-ring (bicyclic) bond motifs is 1. The Balaban J connectivity index is 2.41. The Kier molecular flexibility index (Phi) is 3.92. The van der Waals surface area contributed by atoms with Crippen LogP contribution in [0.4, 0.5) is 0 Å². The number of likely N-dealkylation sites (N-methyl/N-ethyl adjacent to an activating group) is 1. The summed E-state index contributed by atoms with van der Waals surface area (Å²) in [6, 6.07) is 6.46. The van der Waals surface area contributed by atoms with Crippen molar-refractivity contribution in [3.8, 4) is 0 Å². The number of hydrogen-bond acceptors (Lipinski definition) is 1. The summed E-state index contributed by atoms with van der Waals surface area (Å²) in [4.78, 5) is 2.21. The molecule has 0 spiro atoms. The maximum Gasteiger partial charge on any atom is 0.0503 e. The lowest BCUT2D eigenvalue weighted by atomic mass is 10.2. The third-order valence-corrected chi connectivity index (χ3v) is 3.94. The molecule has 1 aromatic carbocycles. The van der Waals surface area contributed by atoms with Crippen molar-refractivity contribution in [1.82, 2.24) is 9.47 Å². The van der Waals surface area contributed by atoms with E-state index in [9.17, 15) is 0 Å². The molecule has 0 aliphatic rings. The van der Waals surface area contributed by atoms with Gasteiger partial charge < -0.3 is 9.47 Å². The van der Waals surface area contributed by atoms with Gasteiger partial charge in [0, 0.05) is 32.7 Å². The minimum atomic E-state index is 1.03. The fourth-order valence-corrected chi connectivity index (χ4v) is 2.85. The van der Waals surface area contributed by atoms with Crippen molar-refractivity contribution in [2.24, 2.45) is 0 Å². The van der Waals surface area contributed by atoms with Crippen LogP contribution in [0.3, 0.4) is 0 Å². The van der Waals surface area contributed by atoms with E-state index < -0.39 is 0 Å². The van der Waals surface area contributed by atoms with E-state index in [0.29, 0.717) is 0 Å². The molecule has 0 aliphatic carbocycles. The van der Waals surface area contributed by atoms with E-state index >= 15 is 0 Å². The van der Waals surface area contributed by atoms with Crippen LogP contribution in [0.25, 0.3) is 10.9 Å². The second-order valence-corrected chi connectivity index (χ2v) is 6.21. The molecule has 4 heteroatoms. The number of aromatic nitrogens is 1. The Morgan fingerprint density at radius 1 is 1.38 bits per heavy atom. The Morgan fingerprint density at radius 3 is 2.81 bits per heavy atom. The average molecular weight is 393 g/mol. The molecule has 0 N–H and O–H groups in total. The lowest BCUT2D eigenvalue weighted by Crippen LogP contribution is -2.17. The Bertz CT molecular complexity index is 505. The van der Waals surface area contributed by atoms with E-state index in [-0.39, 0.29) is 0 Å². The molecule has 86 valence electrons. The maximum atomic E-state index is 3.53. The normalized spacial score (nSPS) is 11.6. The highest BCUT2D eigenvalue weighted by Gasteiger charge is 2.06. The van der Waals surface area contributed by atoms with E-state index in [4.69, 9.17) is 0 Å². The van der Waals surface area contributed by atoms with E-state index in [2.05, 4.69) is 86.5 Å². The SMILES string of the molecule is CN(C)CCn1cc(I)c2ccc(Br)cc21. The fourth-order valence-electron chi connectivity index (χ4n) is 1.71. The van der Waals surface area contributed by atoms with E-state index in [1.807, 2.05) is 0 Å². The predicted molar refractivity (Wildman–Crippen MR) is 80.9 cm³/mol. The lowest BCUT2D eigenvalue weighted by molar-refractivity contribution is 0.387. The third kappa shape index (κ3) is 2.60. The molecule has 0 saturated heterocycles. The number of benzene rings is 1. The highest BCUT2D eigenvalue weighted by atomic mass is 127. The molecule has 0 atom stereocenters. The molecule has 0 radical (unpaired) electrons. The number of hydrogen-bond donors (Lipinski definition) is 0. The second-order valence-electron chi connectivity index (χ2n) is 4.14. The van der Waals surface area contributed by atoms with Gasteiger partial charge in [0.2, 0.25) is 0 Å². The first-order valence-corrected chi connectivity index (χ1v) is 7.04. The van der Waals surface area contributed by atoms with Gasteiger partial charge in [-0.15, -0.1) is 0 Å². The first kappa shape index (κ1) is 12.4. The summed E-state index contributed by atoms with van der Waals surface area (Å²) >= 11 is 5.93. The topological polar surface area (TPSA) is 8.17 Å². The zero-order valence-electron chi connectivity index (χ0n) is 9.37. The molecular weight excluding hydrogens is 379 g/mol. The molecule has 0 unspecified atom stereocenters. The van der Waals surface area contributed by atoms with E-state index in [1.165, 1.54) is 14.5 Å². The van der Waals surface area contributed by atoms with Crippen molar-refractivity contribution in [3.63, 3.8) is 0 Å². The molecule has 1 heterocycles. The molecule has 16 heavy (non-hydrogen) atoms. The van der Waals surface area contributed by atoms with Gasteiger partial charge in [0.25, 0.3) is 0 Å². The van der Waals surface area contributed by atoms with Gasteiger partial charge >= 0.3 is 0 Å². The van der Waals surface area contributed by atoms with Gasteiger partial charge in [0.15, 0.2) is 0 Å². The van der Waals surface area contributed by atoms with Crippen LogP contribution in [0.2, 0.25) is 0 Å². The number of nitrogens with zero attached hydrogens (tertiary/aromatic N) is 2. The summed E-state index contributed by atoms with van der Waals surface area (Å²) in [6.45, 7) is 2.09. The maximum absolute atomic E-state index is 3.53. The summed E-state index contributed by atoms with van der Waals surface area (Å²) in [5.41, 5.74) is 1.31. The highest BCUT2D eigenvalue weighted by Crippen LogP contribution is 2.26. The second kappa shape index (κ2) is 5.06. The lowest BCUT2D eigenvalue weighted by Gasteiger charge is -2.11. The van der Waals surface area contributed by atoms with Crippen molar-refractivity contribution >= 4 is 49.4 Å². The van der Waals surface area contributed by atoms with Crippen LogP contribution in [0.15, 0.2) is 28.9 Å². The molecule has 0 aliphatic heterocycles. The quantitative estimate of drug-likeness (QED) is 0.725. The van der Waals surface area contributed by atoms with Crippen molar-refractivity contribution in [2.75, 3.05) is 20.6 Å². The summed E-state index contributed by atoms with van der Waals surface area (Å²) in [7, 11) is 4.21. The van der Waals surface area contributed by atoms with Gasteiger partial charge in [0.05, 0.1) is 5.52 Å². The van der Waals surface area contributed by atoms with Crippen LogP contribution in [-0.2, 0) is 6.54 Å². The molecule has 2 aromatic rings. The van der Waals surface area contributed by atoms with Crippen molar-refractivity contribution in [1.29, 1.82) is 0 Å². The summed E-state index contributed by atoms with van der Waals surface area (Å²) in [5.74, 6) is 0. The molecule has 1 aromatic heterocycles. The van der Waals surface area contributed by atoms with E-state index in [0.717, 1.165) is 17.6 Å². The molecule has 0 amide bonds. The third-order valence-electron chi connectivity index (χ3n) is 2.58. The minimum Gasteiger partial charge on any atom is -0.345 e. The van der Waals surface area contributed by atoms with Crippen LogP contribution < -0.4 is 0 Å². The average Bonchev–Trinajstić information content (AvgIpc) is 2.52. The molecule has 2 rings (SSSR count). The fraction of sp³-hybridized carbons (Fsp3) is 0.333. The van der Waals surface area contributed by atoms with Crippen molar-refractivity contribution < 1.29 is 0 Å². The van der Waals surface area contributed by atoms with Gasteiger partial charge in [0.1, 0.15) is 0 Å². The smallest absolute Gasteiger partial charge is 0.0503 e. The Morgan fingerprint density at radius 2 is 2.12 bits per heavy atom. The van der Waals surface area contributed by atoms with Gasteiger partial charge in [-0.05, 0) is 48.8 Å². The molecule has 2 nitrogen and oxygen atoms in total. The highest BCUT2D eigenvalue weighted by molar-refractivity contribution is 14.1. The molecule has 0 bridgehead atoms.